The van der Waals surface area contributed by atoms with Gasteiger partial charge in [-0.2, -0.15) is 0 Å². The van der Waals surface area contributed by atoms with Gasteiger partial charge in [0.2, 0.25) is 0 Å². The molecule has 0 radical (unpaired) electrons. The number of hydrogen-bond donors (Lipinski definition) is 3. The number of unbranched alkanes of at least 4 members (excludes halogenated alkanes) is 2. The van der Waals surface area contributed by atoms with Gasteiger partial charge < -0.3 is 20.5 Å². The van der Waals surface area contributed by atoms with Crippen molar-refractivity contribution in [3.8, 4) is 0 Å². The van der Waals surface area contributed by atoms with E-state index in [1.165, 1.54) is 0 Å². The molecule has 6 nitrogen and oxygen atoms in total. The van der Waals surface area contributed by atoms with Crippen LogP contribution in [0.4, 0.5) is 4.79 Å². The van der Waals surface area contributed by atoms with Crippen molar-refractivity contribution < 1.29 is 19.4 Å². The van der Waals surface area contributed by atoms with Gasteiger partial charge in [-0.1, -0.05) is 35.0 Å². The van der Waals surface area contributed by atoms with Crippen LogP contribution in [0.15, 0.2) is 0 Å². The first-order valence-corrected chi connectivity index (χ1v) is 9.42. The molecule has 0 aliphatic heterocycles. The number of amides is 1. The molecule has 0 aromatic heterocycles. The molecule has 0 unspecified atom stereocenters. The summed E-state index contributed by atoms with van der Waals surface area (Å²) in [5.74, 6) is -0.690. The molecule has 1 amide bonds. The Bertz CT molecular complexity index is 313. The van der Waals surface area contributed by atoms with Crippen LogP contribution < -0.4 is 5.73 Å². The molecular formula is C14H29BrN2O4S2. The summed E-state index contributed by atoms with van der Waals surface area (Å²) in [7, 11) is 0. The van der Waals surface area contributed by atoms with E-state index in [4.69, 9.17) is 26.9 Å². The van der Waals surface area contributed by atoms with Crippen molar-refractivity contribution >= 4 is 57.2 Å². The number of halogens is 1. The predicted molar refractivity (Wildman–Crippen MR) is 106 cm³/mol. The van der Waals surface area contributed by atoms with Gasteiger partial charge in [-0.15, -0.1) is 0 Å². The Morgan fingerprint density at radius 1 is 1.22 bits per heavy atom. The predicted octanol–water partition coefficient (Wildman–Crippen LogP) is 3.67. The molecular weight excluding hydrogens is 404 g/mol. The summed E-state index contributed by atoms with van der Waals surface area (Å²) in [5.41, 5.74) is 4.34. The van der Waals surface area contributed by atoms with Crippen LogP contribution in [0.1, 0.15) is 46.5 Å². The molecule has 0 aliphatic carbocycles. The summed E-state index contributed by atoms with van der Waals surface area (Å²) in [5, 5.41) is 9.16. The number of rotatable bonds is 8. The molecule has 3 N–H and O–H groups in total. The number of carboxylic acid groups (broad SMARTS) is 1. The smallest absolute Gasteiger partial charge is 0.303 e. The highest BCUT2D eigenvalue weighted by atomic mass is 79.9. The summed E-state index contributed by atoms with van der Waals surface area (Å²) < 4.78 is 5.14. The van der Waals surface area contributed by atoms with Gasteiger partial charge in [0.1, 0.15) is 0 Å². The first-order chi connectivity index (χ1) is 10.8. The number of carbonyl (C=O) groups is 2. The summed E-state index contributed by atoms with van der Waals surface area (Å²) >= 11 is 11.4. The molecule has 0 heterocycles. The van der Waals surface area contributed by atoms with Crippen molar-refractivity contribution in [2.75, 3.05) is 25.0 Å². The van der Waals surface area contributed by atoms with Gasteiger partial charge in [0.05, 0.1) is 6.61 Å². The Balaban J connectivity index is -0.000000284. The number of primary amides is 1. The highest BCUT2D eigenvalue weighted by Crippen LogP contribution is 2.01. The Morgan fingerprint density at radius 2 is 1.70 bits per heavy atom. The van der Waals surface area contributed by atoms with Gasteiger partial charge in [-0.05, 0) is 45.8 Å². The quantitative estimate of drug-likeness (QED) is 0.234. The number of carboxylic acids is 1. The molecule has 0 rings (SSSR count). The molecule has 23 heavy (non-hydrogen) atoms. The maximum absolute atomic E-state index is 9.95. The van der Waals surface area contributed by atoms with Gasteiger partial charge in [0.15, 0.2) is 0 Å². The van der Waals surface area contributed by atoms with E-state index in [1.807, 2.05) is 11.8 Å². The third kappa shape index (κ3) is 30.0. The van der Waals surface area contributed by atoms with Gasteiger partial charge >= 0.3 is 5.97 Å². The first-order valence-electron chi connectivity index (χ1n) is 7.44. The third-order valence-electron chi connectivity index (χ3n) is 2.31. The molecule has 0 aliphatic rings. The Morgan fingerprint density at radius 3 is 2.00 bits per heavy atom. The normalized spacial score (nSPS) is 8.74. The SMILES string of the molecule is CCOC(=S)N(CC)CC.NC(=O)S.O=C(O)CCCCCBr. The second-order valence-electron chi connectivity index (χ2n) is 4.10. The maximum Gasteiger partial charge on any atom is 0.303 e. The van der Waals surface area contributed by atoms with Crippen LogP contribution >= 0.6 is 40.8 Å². The second kappa shape index (κ2) is 21.5. The standard InChI is InChI=1S/C7H15NOS.C6H11BrO2.CH3NOS/c1-4-8(5-2)7(10)9-6-3;7-5-3-1-2-4-6(8)9;2-1(3)4/h4-6H2,1-3H3;1-5H2,(H,8,9);(H3,2,3,4). The van der Waals surface area contributed by atoms with Gasteiger partial charge in [0.25, 0.3) is 10.4 Å². The van der Waals surface area contributed by atoms with E-state index in [9.17, 15) is 4.79 Å². The number of carbonyl (C=O) groups excluding carboxylic acids is 1. The zero-order chi connectivity index (χ0) is 18.7. The monoisotopic (exact) mass is 432 g/mol. The van der Waals surface area contributed by atoms with Crippen LogP contribution in [0.25, 0.3) is 0 Å². The average molecular weight is 433 g/mol. The topological polar surface area (TPSA) is 92.9 Å². The number of thiol groups is 1. The maximum atomic E-state index is 9.95. The summed E-state index contributed by atoms with van der Waals surface area (Å²) in [6, 6.07) is 0. The summed E-state index contributed by atoms with van der Waals surface area (Å²) in [6.07, 6.45) is 3.21. The van der Waals surface area contributed by atoms with Crippen LogP contribution in [0.3, 0.4) is 0 Å². The van der Waals surface area contributed by atoms with E-state index < -0.39 is 11.2 Å². The molecule has 0 saturated carbocycles. The number of thiocarbonyl (C=S) groups is 1. The minimum atomic E-state index is -0.690. The number of ether oxygens (including phenoxy) is 1. The fraction of sp³-hybridized carbons (Fsp3) is 0.786. The van der Waals surface area contributed by atoms with Crippen molar-refractivity contribution in [2.45, 2.75) is 46.5 Å². The van der Waals surface area contributed by atoms with Crippen LogP contribution in [-0.4, -0.2) is 51.4 Å². The van der Waals surface area contributed by atoms with Crippen molar-refractivity contribution in [1.29, 1.82) is 0 Å². The second-order valence-corrected chi connectivity index (χ2v) is 5.69. The van der Waals surface area contributed by atoms with Crippen molar-refractivity contribution in [3.05, 3.63) is 0 Å². The van der Waals surface area contributed by atoms with Crippen molar-refractivity contribution in [2.24, 2.45) is 5.73 Å². The minimum Gasteiger partial charge on any atom is -0.481 e. The molecule has 138 valence electrons. The zero-order valence-electron chi connectivity index (χ0n) is 14.1. The Hall–Kier alpha value is -0.540. The summed E-state index contributed by atoms with van der Waals surface area (Å²) in [6.45, 7) is 8.58. The molecule has 9 heteroatoms. The average Bonchev–Trinajstić information content (AvgIpc) is 2.45. The minimum absolute atomic E-state index is 0.312. The zero-order valence-corrected chi connectivity index (χ0v) is 17.4. The molecule has 0 bridgehead atoms. The highest BCUT2D eigenvalue weighted by molar-refractivity contribution is 9.09. The van der Waals surface area contributed by atoms with Gasteiger partial charge in [0, 0.05) is 24.8 Å². The molecule has 0 spiro atoms. The van der Waals surface area contributed by atoms with Crippen LogP contribution in [-0.2, 0) is 9.53 Å². The number of nitrogens with two attached hydrogens (primary N) is 1. The van der Waals surface area contributed by atoms with Crippen LogP contribution in [0, 0.1) is 0 Å². The fourth-order valence-corrected chi connectivity index (χ4v) is 2.02. The van der Waals surface area contributed by atoms with Crippen LogP contribution in [0.2, 0.25) is 0 Å². The van der Waals surface area contributed by atoms with E-state index in [-0.39, 0.29) is 0 Å². The van der Waals surface area contributed by atoms with E-state index in [1.54, 1.807) is 0 Å². The lowest BCUT2D eigenvalue weighted by Gasteiger charge is -2.20. The number of nitrogens with zero attached hydrogens (tertiary/aromatic N) is 1. The lowest BCUT2D eigenvalue weighted by atomic mass is 10.2. The van der Waals surface area contributed by atoms with Crippen molar-refractivity contribution in [3.63, 3.8) is 0 Å². The summed E-state index contributed by atoms with van der Waals surface area (Å²) in [4.78, 5) is 21.0. The number of hydrogen-bond acceptors (Lipinski definition) is 4. The first kappa shape index (κ1) is 27.3. The molecule has 0 aromatic rings. The van der Waals surface area contributed by atoms with Crippen molar-refractivity contribution in [1.82, 2.24) is 4.90 Å². The lowest BCUT2D eigenvalue weighted by molar-refractivity contribution is -0.137. The van der Waals surface area contributed by atoms with E-state index in [0.29, 0.717) is 18.2 Å². The largest absolute Gasteiger partial charge is 0.481 e. The number of alkyl halides is 1. The molecule has 0 fully saturated rings. The lowest BCUT2D eigenvalue weighted by Crippen LogP contribution is -2.30. The third-order valence-corrected chi connectivity index (χ3v) is 3.25. The van der Waals surface area contributed by atoms with E-state index in [2.05, 4.69) is 48.1 Å². The van der Waals surface area contributed by atoms with Crippen LogP contribution in [0.5, 0.6) is 0 Å². The molecule has 0 aromatic carbocycles. The fourth-order valence-electron chi connectivity index (χ4n) is 1.24. The van der Waals surface area contributed by atoms with E-state index >= 15 is 0 Å². The molecule has 0 atom stereocenters. The Kier molecular flexibility index (Phi) is 25.5. The molecule has 0 saturated heterocycles. The highest BCUT2D eigenvalue weighted by Gasteiger charge is 2.03. The van der Waals surface area contributed by atoms with E-state index in [0.717, 1.165) is 37.7 Å². The van der Waals surface area contributed by atoms with Gasteiger partial charge in [-0.25, -0.2) is 0 Å². The number of aliphatic carboxylic acids is 1. The Labute approximate surface area is 158 Å². The van der Waals surface area contributed by atoms with Gasteiger partial charge in [-0.3, -0.25) is 9.59 Å².